The molecule has 6 nitrogen and oxygen atoms in total. The molecule has 2 aliphatic rings. The van der Waals surface area contributed by atoms with E-state index in [1.807, 2.05) is 72.7 Å². The minimum absolute atomic E-state index is 0.0116. The van der Waals surface area contributed by atoms with Gasteiger partial charge in [-0.15, -0.1) is 0 Å². The van der Waals surface area contributed by atoms with Gasteiger partial charge in [0.2, 0.25) is 5.91 Å². The number of para-hydroxylation sites is 1. The van der Waals surface area contributed by atoms with Gasteiger partial charge in [0, 0.05) is 55.5 Å². The maximum absolute atomic E-state index is 13.5. The van der Waals surface area contributed by atoms with E-state index in [2.05, 4.69) is 22.0 Å². The molecule has 0 N–H and O–H groups in total. The van der Waals surface area contributed by atoms with Crippen molar-refractivity contribution in [3.8, 4) is 0 Å². The highest BCUT2D eigenvalue weighted by molar-refractivity contribution is 6.02. The number of hydrogen-bond acceptors (Lipinski definition) is 4. The highest BCUT2D eigenvalue weighted by Crippen LogP contribution is 2.30. The van der Waals surface area contributed by atoms with E-state index in [1.165, 1.54) is 5.69 Å². The Bertz CT molecular complexity index is 1170. The number of carbonyl (C=O) groups excluding carboxylic acids is 2. The Hall–Kier alpha value is -3.67. The van der Waals surface area contributed by atoms with E-state index in [-0.39, 0.29) is 18.4 Å². The fourth-order valence-electron chi connectivity index (χ4n) is 5.04. The van der Waals surface area contributed by atoms with Crippen LogP contribution in [0.2, 0.25) is 0 Å². The molecule has 2 aromatic carbocycles. The molecule has 6 heteroatoms. The number of piperidine rings is 1. The van der Waals surface area contributed by atoms with Gasteiger partial charge in [-0.3, -0.25) is 14.6 Å². The molecule has 0 saturated carbocycles. The standard InChI is InChI=1S/C28H30N4O2/c1-21-5-4-7-23(17-21)28(34)31-19-24-6-2-3-8-26(24)32(27(33)20-31)18-22-11-15-30(16-12-22)25-9-13-29-14-10-25/h2-10,13-14,17,22H,11-12,15-16,18-20H2,1H3. The molecule has 0 bridgehead atoms. The molecule has 2 aliphatic heterocycles. The minimum atomic E-state index is -0.0978. The SMILES string of the molecule is Cc1cccc(C(=O)N2CC(=O)N(CC3CCN(c4ccncc4)CC3)c3ccccc3C2)c1. The third kappa shape index (κ3) is 4.67. The molecule has 3 aromatic rings. The van der Waals surface area contributed by atoms with Crippen LogP contribution in [0.5, 0.6) is 0 Å². The van der Waals surface area contributed by atoms with Crippen molar-refractivity contribution in [1.82, 2.24) is 9.88 Å². The van der Waals surface area contributed by atoms with Gasteiger partial charge in [-0.1, -0.05) is 35.9 Å². The van der Waals surface area contributed by atoms with Gasteiger partial charge in [0.1, 0.15) is 6.54 Å². The normalized spacial score (nSPS) is 16.9. The van der Waals surface area contributed by atoms with Crippen LogP contribution in [0.15, 0.2) is 73.1 Å². The van der Waals surface area contributed by atoms with Crippen LogP contribution in [0.25, 0.3) is 0 Å². The van der Waals surface area contributed by atoms with E-state index in [1.54, 1.807) is 4.90 Å². The number of rotatable bonds is 4. The molecule has 3 heterocycles. The number of anilines is 2. The van der Waals surface area contributed by atoms with Crippen molar-refractivity contribution >= 4 is 23.2 Å². The predicted molar refractivity (Wildman–Crippen MR) is 134 cm³/mol. The Balaban J connectivity index is 1.32. The molecule has 0 spiro atoms. The second kappa shape index (κ2) is 9.67. The van der Waals surface area contributed by atoms with Gasteiger partial charge >= 0.3 is 0 Å². The molecular weight excluding hydrogens is 424 g/mol. The third-order valence-electron chi connectivity index (χ3n) is 6.91. The first kappa shape index (κ1) is 22.1. The summed E-state index contributed by atoms with van der Waals surface area (Å²) in [7, 11) is 0. The fraction of sp³-hybridized carbons (Fsp3) is 0.321. The molecule has 1 aromatic heterocycles. The second-order valence-corrected chi connectivity index (χ2v) is 9.30. The summed E-state index contributed by atoms with van der Waals surface area (Å²) in [6.07, 6.45) is 5.72. The summed E-state index contributed by atoms with van der Waals surface area (Å²) >= 11 is 0. The summed E-state index contributed by atoms with van der Waals surface area (Å²) in [5, 5.41) is 0. The second-order valence-electron chi connectivity index (χ2n) is 9.30. The number of benzene rings is 2. The number of hydrogen-bond donors (Lipinski definition) is 0. The van der Waals surface area contributed by atoms with E-state index in [0.717, 1.165) is 42.7 Å². The van der Waals surface area contributed by atoms with Crippen LogP contribution in [-0.4, -0.2) is 47.9 Å². The lowest BCUT2D eigenvalue weighted by Crippen LogP contribution is -2.44. The van der Waals surface area contributed by atoms with Crippen LogP contribution in [0.3, 0.4) is 0 Å². The van der Waals surface area contributed by atoms with Crippen LogP contribution in [0, 0.1) is 12.8 Å². The maximum Gasteiger partial charge on any atom is 0.254 e. The number of nitrogens with zero attached hydrogens (tertiary/aromatic N) is 4. The van der Waals surface area contributed by atoms with Gasteiger partial charge in [0.05, 0.1) is 0 Å². The van der Waals surface area contributed by atoms with Gasteiger partial charge in [-0.2, -0.15) is 0 Å². The number of fused-ring (bicyclic) bond motifs is 1. The monoisotopic (exact) mass is 454 g/mol. The summed E-state index contributed by atoms with van der Waals surface area (Å²) in [4.78, 5) is 36.8. The van der Waals surface area contributed by atoms with E-state index in [0.29, 0.717) is 24.6 Å². The molecule has 34 heavy (non-hydrogen) atoms. The Morgan fingerprint density at radius 2 is 1.74 bits per heavy atom. The molecule has 1 saturated heterocycles. The Morgan fingerprint density at radius 3 is 2.50 bits per heavy atom. The van der Waals surface area contributed by atoms with Gasteiger partial charge in [0.15, 0.2) is 0 Å². The molecule has 0 radical (unpaired) electrons. The van der Waals surface area contributed by atoms with Crippen LogP contribution in [0.4, 0.5) is 11.4 Å². The zero-order valence-electron chi connectivity index (χ0n) is 19.6. The quantitative estimate of drug-likeness (QED) is 0.590. The lowest BCUT2D eigenvalue weighted by Gasteiger charge is -2.36. The highest BCUT2D eigenvalue weighted by atomic mass is 16.2. The molecular formula is C28H30N4O2. The molecule has 174 valence electrons. The average molecular weight is 455 g/mol. The van der Waals surface area contributed by atoms with Gasteiger partial charge in [0.25, 0.3) is 5.91 Å². The van der Waals surface area contributed by atoms with Crippen molar-refractivity contribution in [3.63, 3.8) is 0 Å². The number of pyridine rings is 1. The number of amides is 2. The molecule has 0 unspecified atom stereocenters. The van der Waals surface area contributed by atoms with Crippen molar-refractivity contribution in [1.29, 1.82) is 0 Å². The Morgan fingerprint density at radius 1 is 0.971 bits per heavy atom. The zero-order valence-corrected chi connectivity index (χ0v) is 19.6. The topological polar surface area (TPSA) is 56.8 Å². The van der Waals surface area contributed by atoms with Crippen LogP contribution in [0.1, 0.15) is 34.3 Å². The summed E-state index contributed by atoms with van der Waals surface area (Å²) < 4.78 is 0. The lowest BCUT2D eigenvalue weighted by molar-refractivity contribution is -0.119. The van der Waals surface area contributed by atoms with E-state index < -0.39 is 0 Å². The zero-order chi connectivity index (χ0) is 23.5. The van der Waals surface area contributed by atoms with Crippen LogP contribution >= 0.6 is 0 Å². The van der Waals surface area contributed by atoms with Crippen LogP contribution in [-0.2, 0) is 11.3 Å². The molecule has 5 rings (SSSR count). The van der Waals surface area contributed by atoms with Crippen LogP contribution < -0.4 is 9.80 Å². The lowest BCUT2D eigenvalue weighted by atomic mass is 9.95. The highest BCUT2D eigenvalue weighted by Gasteiger charge is 2.31. The van der Waals surface area contributed by atoms with Crippen molar-refractivity contribution in [3.05, 3.63) is 89.7 Å². The molecule has 2 amide bonds. The number of aromatic nitrogens is 1. The Labute approximate surface area is 200 Å². The van der Waals surface area contributed by atoms with Crippen molar-refractivity contribution in [2.75, 3.05) is 36.0 Å². The van der Waals surface area contributed by atoms with Gasteiger partial charge in [-0.05, 0) is 61.6 Å². The summed E-state index contributed by atoms with van der Waals surface area (Å²) in [6.45, 7) is 5.13. The first-order valence-electron chi connectivity index (χ1n) is 12.0. The first-order chi connectivity index (χ1) is 16.6. The molecule has 0 atom stereocenters. The van der Waals surface area contributed by atoms with E-state index >= 15 is 0 Å². The van der Waals surface area contributed by atoms with Crippen molar-refractivity contribution in [2.45, 2.75) is 26.3 Å². The van der Waals surface area contributed by atoms with Crippen molar-refractivity contribution < 1.29 is 9.59 Å². The molecule has 1 fully saturated rings. The number of carbonyl (C=O) groups is 2. The first-order valence-corrected chi connectivity index (χ1v) is 12.0. The smallest absolute Gasteiger partial charge is 0.254 e. The predicted octanol–water partition coefficient (Wildman–Crippen LogP) is 4.30. The van der Waals surface area contributed by atoms with Crippen molar-refractivity contribution in [2.24, 2.45) is 5.92 Å². The number of aryl methyl sites for hydroxylation is 1. The maximum atomic E-state index is 13.5. The van der Waals surface area contributed by atoms with E-state index in [4.69, 9.17) is 0 Å². The summed E-state index contributed by atoms with van der Waals surface area (Å²) in [5.74, 6) is 0.316. The molecule has 0 aliphatic carbocycles. The van der Waals surface area contributed by atoms with Gasteiger partial charge < -0.3 is 14.7 Å². The third-order valence-corrected chi connectivity index (χ3v) is 6.91. The minimum Gasteiger partial charge on any atom is -0.371 e. The summed E-state index contributed by atoms with van der Waals surface area (Å²) in [5.41, 5.74) is 4.82. The fourth-order valence-corrected chi connectivity index (χ4v) is 5.04. The average Bonchev–Trinajstić information content (AvgIpc) is 3.01. The summed E-state index contributed by atoms with van der Waals surface area (Å²) in [6, 6.07) is 19.7. The van der Waals surface area contributed by atoms with E-state index in [9.17, 15) is 9.59 Å². The van der Waals surface area contributed by atoms with Gasteiger partial charge in [-0.25, -0.2) is 0 Å². The largest absolute Gasteiger partial charge is 0.371 e. The Kier molecular flexibility index (Phi) is 6.30.